The van der Waals surface area contributed by atoms with Crippen LogP contribution >= 0.6 is 11.8 Å². The van der Waals surface area contributed by atoms with Gasteiger partial charge in [-0.1, -0.05) is 49.2 Å². The van der Waals surface area contributed by atoms with E-state index in [0.29, 0.717) is 30.1 Å². The van der Waals surface area contributed by atoms with E-state index in [-0.39, 0.29) is 17.7 Å². The summed E-state index contributed by atoms with van der Waals surface area (Å²) in [5, 5.41) is 8.23. The number of unbranched alkanes of at least 4 members (excludes halogenated alkanes) is 2. The Bertz CT molecular complexity index is 1690. The molecular formula is C32H34N6O3S. The highest BCUT2D eigenvalue weighted by molar-refractivity contribution is 7.98. The number of ketones is 1. The lowest BCUT2D eigenvalue weighted by Crippen LogP contribution is -2.29. The quantitative estimate of drug-likeness (QED) is 0.0939. The first-order valence-corrected chi connectivity index (χ1v) is 15.1. The molecular weight excluding hydrogens is 548 g/mol. The molecule has 0 unspecified atom stereocenters. The number of nitrogens with one attached hydrogen (secondary N) is 2. The van der Waals surface area contributed by atoms with Gasteiger partial charge in [0.1, 0.15) is 5.82 Å². The van der Waals surface area contributed by atoms with Gasteiger partial charge in [-0.3, -0.25) is 14.3 Å². The first kappa shape index (κ1) is 29.1. The van der Waals surface area contributed by atoms with E-state index in [0.717, 1.165) is 51.9 Å². The van der Waals surface area contributed by atoms with Gasteiger partial charge in [0.15, 0.2) is 5.78 Å². The molecule has 0 radical (unpaired) electrons. The fourth-order valence-electron chi connectivity index (χ4n) is 4.98. The zero-order valence-corrected chi connectivity index (χ0v) is 24.8. The van der Waals surface area contributed by atoms with Gasteiger partial charge in [-0.2, -0.15) is 5.10 Å². The summed E-state index contributed by atoms with van der Waals surface area (Å²) in [6.07, 6.45) is 10.5. The van der Waals surface area contributed by atoms with Crippen molar-refractivity contribution in [2.45, 2.75) is 43.0 Å². The van der Waals surface area contributed by atoms with E-state index in [9.17, 15) is 9.59 Å². The first-order chi connectivity index (χ1) is 20.5. The second kappa shape index (κ2) is 13.5. The third-order valence-corrected chi connectivity index (χ3v) is 7.97. The number of aromatic nitrogens is 5. The molecule has 2 N–H and O–H groups in total. The lowest BCUT2D eigenvalue weighted by molar-refractivity contribution is 0.0931. The monoisotopic (exact) mass is 582 g/mol. The number of nitrogens with zero attached hydrogens (tertiary/aromatic N) is 4. The highest BCUT2D eigenvalue weighted by Gasteiger charge is 2.21. The van der Waals surface area contributed by atoms with Crippen LogP contribution in [-0.4, -0.2) is 49.8 Å². The van der Waals surface area contributed by atoms with Crippen LogP contribution in [0.5, 0.6) is 5.88 Å². The fourth-order valence-corrected chi connectivity index (χ4v) is 5.59. The number of pyridine rings is 1. The maximum absolute atomic E-state index is 13.1. The number of benzene rings is 2. The molecule has 0 aliphatic carbocycles. The second-order valence-corrected chi connectivity index (χ2v) is 10.9. The van der Waals surface area contributed by atoms with Gasteiger partial charge >= 0.3 is 0 Å². The average Bonchev–Trinajstić information content (AvgIpc) is 3.69. The van der Waals surface area contributed by atoms with E-state index in [1.165, 1.54) is 0 Å². The Morgan fingerprint density at radius 1 is 1.07 bits per heavy atom. The number of aromatic amines is 1. The Hall–Kier alpha value is -4.44. The highest BCUT2D eigenvalue weighted by Crippen LogP contribution is 2.32. The lowest BCUT2D eigenvalue weighted by atomic mass is 10.0. The zero-order chi connectivity index (χ0) is 29.5. The van der Waals surface area contributed by atoms with Gasteiger partial charge in [-0.15, -0.1) is 11.8 Å². The van der Waals surface area contributed by atoms with Crippen molar-refractivity contribution in [3.63, 3.8) is 0 Å². The van der Waals surface area contributed by atoms with E-state index < -0.39 is 0 Å². The summed E-state index contributed by atoms with van der Waals surface area (Å²) in [5.41, 5.74) is 3.64. The van der Waals surface area contributed by atoms with Crippen LogP contribution in [0.3, 0.4) is 0 Å². The molecule has 0 aliphatic rings. The summed E-state index contributed by atoms with van der Waals surface area (Å²) < 4.78 is 7.19. The summed E-state index contributed by atoms with van der Waals surface area (Å²) in [5.74, 6) is 1.07. The number of hydrogen-bond acceptors (Lipinski definition) is 7. The molecule has 0 saturated heterocycles. The number of thioether (sulfide) groups is 1. The maximum Gasteiger partial charge on any atom is 0.255 e. The Morgan fingerprint density at radius 2 is 1.88 bits per heavy atom. The standard InChI is InChI=1S/C32H34N6O3S/c1-38-20-22(18-34-38)31(40)36-26(14-5-4-6-15-28(39)23-12-8-10-16-29(23)42-3)30-33-19-27(35-30)24-17-21-11-7-9-13-25(21)37-32(24)41-2/h7-13,16-20,26H,4-6,14-15H2,1-3H3,(H,33,35)(H,36,40)/t26-/m0/s1. The number of rotatable bonds is 13. The zero-order valence-electron chi connectivity index (χ0n) is 24.0. The minimum absolute atomic E-state index is 0.162. The molecule has 42 heavy (non-hydrogen) atoms. The third-order valence-electron chi connectivity index (χ3n) is 7.17. The summed E-state index contributed by atoms with van der Waals surface area (Å²) in [6.45, 7) is 0. The first-order valence-electron chi connectivity index (χ1n) is 13.9. The number of carbonyl (C=O) groups is 2. The number of carbonyl (C=O) groups excluding carboxylic acids is 2. The lowest BCUT2D eigenvalue weighted by Gasteiger charge is -2.16. The average molecular weight is 583 g/mol. The number of amides is 1. The van der Waals surface area contributed by atoms with Crippen LogP contribution in [0.2, 0.25) is 0 Å². The van der Waals surface area contributed by atoms with E-state index in [2.05, 4.69) is 25.4 Å². The van der Waals surface area contributed by atoms with Crippen LogP contribution in [0.25, 0.3) is 22.2 Å². The van der Waals surface area contributed by atoms with Crippen LogP contribution in [-0.2, 0) is 7.05 Å². The van der Waals surface area contributed by atoms with E-state index in [1.807, 2.05) is 60.9 Å². The van der Waals surface area contributed by atoms with Crippen LogP contribution in [0.1, 0.15) is 64.7 Å². The number of H-pyrrole nitrogens is 1. The molecule has 10 heteroatoms. The molecule has 216 valence electrons. The summed E-state index contributed by atoms with van der Waals surface area (Å²) >= 11 is 1.59. The van der Waals surface area contributed by atoms with Crippen molar-refractivity contribution in [1.82, 2.24) is 30.0 Å². The molecule has 1 amide bonds. The number of Topliss-reactive ketones (excluding diaryl/α,β-unsaturated/α-hetero) is 1. The maximum atomic E-state index is 13.1. The molecule has 5 aromatic rings. The molecule has 2 aromatic carbocycles. The summed E-state index contributed by atoms with van der Waals surface area (Å²) in [7, 11) is 3.37. The molecule has 1 atom stereocenters. The van der Waals surface area contributed by atoms with Gasteiger partial charge in [0.25, 0.3) is 5.91 Å². The Kier molecular flexibility index (Phi) is 9.33. The van der Waals surface area contributed by atoms with E-state index in [1.54, 1.807) is 49.2 Å². The topological polar surface area (TPSA) is 115 Å². The van der Waals surface area contributed by atoms with Crippen molar-refractivity contribution in [3.05, 3.63) is 90.1 Å². The minimum atomic E-state index is -0.362. The van der Waals surface area contributed by atoms with Crippen molar-refractivity contribution < 1.29 is 14.3 Å². The molecule has 0 bridgehead atoms. The van der Waals surface area contributed by atoms with Gasteiger partial charge in [0.05, 0.1) is 47.9 Å². The van der Waals surface area contributed by atoms with Crippen molar-refractivity contribution >= 4 is 34.4 Å². The number of para-hydroxylation sites is 1. The van der Waals surface area contributed by atoms with Crippen molar-refractivity contribution in [1.29, 1.82) is 0 Å². The van der Waals surface area contributed by atoms with Gasteiger partial charge in [-0.05, 0) is 37.3 Å². The van der Waals surface area contributed by atoms with Gasteiger partial charge < -0.3 is 15.0 Å². The Morgan fingerprint density at radius 3 is 2.67 bits per heavy atom. The Balaban J connectivity index is 1.30. The molecule has 5 rings (SSSR count). The number of hydrogen-bond donors (Lipinski definition) is 2. The van der Waals surface area contributed by atoms with Crippen LogP contribution in [0.4, 0.5) is 0 Å². The van der Waals surface area contributed by atoms with Crippen LogP contribution in [0.15, 0.2) is 78.1 Å². The van der Waals surface area contributed by atoms with Crippen LogP contribution < -0.4 is 10.1 Å². The number of ether oxygens (including phenoxy) is 1. The van der Waals surface area contributed by atoms with Crippen molar-refractivity contribution in [2.24, 2.45) is 7.05 Å². The highest BCUT2D eigenvalue weighted by atomic mass is 32.2. The fraction of sp³-hybridized carbons (Fsp3) is 0.281. The van der Waals surface area contributed by atoms with E-state index in [4.69, 9.17) is 4.74 Å². The summed E-state index contributed by atoms with van der Waals surface area (Å²) in [4.78, 5) is 39.6. The van der Waals surface area contributed by atoms with Gasteiger partial charge in [0.2, 0.25) is 5.88 Å². The number of fused-ring (bicyclic) bond motifs is 1. The normalized spacial score (nSPS) is 11.9. The van der Waals surface area contributed by atoms with Crippen molar-refractivity contribution in [2.75, 3.05) is 13.4 Å². The molecule has 3 heterocycles. The van der Waals surface area contributed by atoms with Gasteiger partial charge in [0, 0.05) is 35.5 Å². The predicted molar refractivity (Wildman–Crippen MR) is 165 cm³/mol. The second-order valence-electron chi connectivity index (χ2n) is 10.1. The number of methoxy groups -OCH3 is 1. The van der Waals surface area contributed by atoms with Crippen LogP contribution in [0, 0.1) is 0 Å². The largest absolute Gasteiger partial charge is 0.480 e. The number of imidazole rings is 1. The van der Waals surface area contributed by atoms with E-state index >= 15 is 0 Å². The van der Waals surface area contributed by atoms with Gasteiger partial charge in [-0.25, -0.2) is 9.97 Å². The SMILES string of the molecule is COc1nc2ccccc2cc1-c1cnc([C@H](CCCCCC(=O)c2ccccc2SC)NC(=O)c2cnn(C)c2)[nH]1. The third kappa shape index (κ3) is 6.71. The molecule has 0 saturated carbocycles. The minimum Gasteiger partial charge on any atom is -0.480 e. The summed E-state index contributed by atoms with van der Waals surface area (Å²) in [6, 6.07) is 17.3. The number of aryl methyl sites for hydroxylation is 1. The molecule has 0 aliphatic heterocycles. The molecule has 0 spiro atoms. The molecule has 0 fully saturated rings. The predicted octanol–water partition coefficient (Wildman–Crippen LogP) is 6.39. The van der Waals surface area contributed by atoms with Crippen molar-refractivity contribution in [3.8, 4) is 17.1 Å². The Labute approximate surface area is 249 Å². The smallest absolute Gasteiger partial charge is 0.255 e. The molecule has 3 aromatic heterocycles. The molecule has 9 nitrogen and oxygen atoms in total.